The highest BCUT2D eigenvalue weighted by Crippen LogP contribution is 2.34. The average Bonchev–Trinajstić information content (AvgIpc) is 2.65. The standard InChI is InChI=1S/C20H18F3NO4/c1-2-27-17-10-6-3-7-14(17)11-12-19(26)28-13-18(25)24-16-9-5-4-8-15(16)20(21,22)23/h3-12H,2,13H2,1H3,(H,24,25)/b12-11+. The molecule has 28 heavy (non-hydrogen) atoms. The minimum absolute atomic E-state index is 0.405. The summed E-state index contributed by atoms with van der Waals surface area (Å²) in [5.41, 5.74) is -0.746. The molecule has 2 aromatic carbocycles. The summed E-state index contributed by atoms with van der Waals surface area (Å²) >= 11 is 0. The van der Waals surface area contributed by atoms with Crippen molar-refractivity contribution in [3.63, 3.8) is 0 Å². The molecular formula is C20H18F3NO4. The zero-order valence-corrected chi connectivity index (χ0v) is 15.0. The van der Waals surface area contributed by atoms with Gasteiger partial charge in [-0.3, -0.25) is 4.79 Å². The largest absolute Gasteiger partial charge is 0.493 e. The molecule has 0 fully saturated rings. The van der Waals surface area contributed by atoms with Gasteiger partial charge in [0.25, 0.3) is 5.91 Å². The molecule has 0 unspecified atom stereocenters. The Hall–Kier alpha value is -3.29. The zero-order chi connectivity index (χ0) is 20.6. The molecule has 0 saturated heterocycles. The summed E-state index contributed by atoms with van der Waals surface area (Å²) in [6, 6.07) is 11.5. The molecule has 0 heterocycles. The van der Waals surface area contributed by atoms with Crippen LogP contribution in [0.15, 0.2) is 54.6 Å². The Bertz CT molecular complexity index is 863. The number of hydrogen-bond acceptors (Lipinski definition) is 4. The van der Waals surface area contributed by atoms with Gasteiger partial charge in [-0.15, -0.1) is 0 Å². The number of halogens is 3. The van der Waals surface area contributed by atoms with E-state index < -0.39 is 35.9 Å². The number of ether oxygens (including phenoxy) is 2. The lowest BCUT2D eigenvalue weighted by atomic mass is 10.1. The lowest BCUT2D eigenvalue weighted by Crippen LogP contribution is -2.22. The lowest BCUT2D eigenvalue weighted by molar-refractivity contribution is -0.142. The van der Waals surface area contributed by atoms with Gasteiger partial charge in [-0.05, 0) is 31.2 Å². The molecular weight excluding hydrogens is 375 g/mol. The van der Waals surface area contributed by atoms with Crippen LogP contribution in [0.25, 0.3) is 6.08 Å². The number of amides is 1. The molecule has 2 rings (SSSR count). The van der Waals surface area contributed by atoms with Crippen molar-refractivity contribution in [2.45, 2.75) is 13.1 Å². The third kappa shape index (κ3) is 6.15. The predicted molar refractivity (Wildman–Crippen MR) is 97.7 cm³/mol. The predicted octanol–water partition coefficient (Wildman–Crippen LogP) is 4.30. The molecule has 0 aliphatic heterocycles. The van der Waals surface area contributed by atoms with Crippen LogP contribution in [0.4, 0.5) is 18.9 Å². The summed E-state index contributed by atoms with van der Waals surface area (Å²) in [6.07, 6.45) is -2.05. The molecule has 0 bridgehead atoms. The molecule has 1 N–H and O–H groups in total. The summed E-state index contributed by atoms with van der Waals surface area (Å²) in [6.45, 7) is 1.56. The average molecular weight is 393 g/mol. The number of anilines is 1. The van der Waals surface area contributed by atoms with Crippen LogP contribution >= 0.6 is 0 Å². The fraction of sp³-hybridized carbons (Fsp3) is 0.200. The Morgan fingerprint density at radius 3 is 2.46 bits per heavy atom. The molecule has 0 saturated carbocycles. The molecule has 0 aliphatic carbocycles. The van der Waals surface area contributed by atoms with E-state index in [0.717, 1.165) is 18.2 Å². The maximum atomic E-state index is 12.9. The Kier molecular flexibility index (Phi) is 7.20. The molecule has 0 radical (unpaired) electrons. The number of carbonyl (C=O) groups excluding carboxylic acids is 2. The van der Waals surface area contributed by atoms with Gasteiger partial charge in [-0.25, -0.2) is 4.79 Å². The minimum Gasteiger partial charge on any atom is -0.493 e. The summed E-state index contributed by atoms with van der Waals surface area (Å²) in [5, 5.41) is 2.09. The maximum Gasteiger partial charge on any atom is 0.418 e. The fourth-order valence-corrected chi connectivity index (χ4v) is 2.27. The van der Waals surface area contributed by atoms with Crippen LogP contribution in [0.3, 0.4) is 0 Å². The van der Waals surface area contributed by atoms with Crippen LogP contribution in [0.2, 0.25) is 0 Å². The monoisotopic (exact) mass is 393 g/mol. The van der Waals surface area contributed by atoms with Crippen molar-refractivity contribution in [3.05, 3.63) is 65.7 Å². The van der Waals surface area contributed by atoms with Crippen molar-refractivity contribution in [1.82, 2.24) is 0 Å². The van der Waals surface area contributed by atoms with Gasteiger partial charge in [0.05, 0.1) is 17.9 Å². The fourth-order valence-electron chi connectivity index (χ4n) is 2.27. The number of hydrogen-bond donors (Lipinski definition) is 1. The zero-order valence-electron chi connectivity index (χ0n) is 15.0. The third-order valence-corrected chi connectivity index (χ3v) is 3.47. The second kappa shape index (κ2) is 9.59. The summed E-state index contributed by atoms with van der Waals surface area (Å²) in [5.74, 6) is -1.12. The van der Waals surface area contributed by atoms with Crippen molar-refractivity contribution in [2.75, 3.05) is 18.5 Å². The Labute approximate surface area is 159 Å². The molecule has 0 aliphatic rings. The van der Waals surface area contributed by atoms with Crippen molar-refractivity contribution in [3.8, 4) is 5.75 Å². The quantitative estimate of drug-likeness (QED) is 0.563. The summed E-state index contributed by atoms with van der Waals surface area (Å²) < 4.78 is 48.9. The first-order valence-electron chi connectivity index (χ1n) is 8.34. The highest BCUT2D eigenvalue weighted by molar-refractivity contribution is 5.95. The van der Waals surface area contributed by atoms with Crippen LogP contribution in [0.1, 0.15) is 18.1 Å². The van der Waals surface area contributed by atoms with Gasteiger partial charge >= 0.3 is 12.1 Å². The van der Waals surface area contributed by atoms with Gasteiger partial charge in [0.15, 0.2) is 6.61 Å². The van der Waals surface area contributed by atoms with E-state index in [-0.39, 0.29) is 0 Å². The number of para-hydroxylation sites is 2. The number of carbonyl (C=O) groups is 2. The highest BCUT2D eigenvalue weighted by atomic mass is 19.4. The second-order valence-electron chi connectivity index (χ2n) is 5.50. The molecule has 8 heteroatoms. The normalized spacial score (nSPS) is 11.3. The SMILES string of the molecule is CCOc1ccccc1/C=C/C(=O)OCC(=O)Nc1ccccc1C(F)(F)F. The topological polar surface area (TPSA) is 64.6 Å². The van der Waals surface area contributed by atoms with E-state index in [0.29, 0.717) is 17.9 Å². The van der Waals surface area contributed by atoms with E-state index in [2.05, 4.69) is 5.32 Å². The molecule has 5 nitrogen and oxygen atoms in total. The van der Waals surface area contributed by atoms with Gasteiger partial charge in [0, 0.05) is 11.6 Å². The summed E-state index contributed by atoms with van der Waals surface area (Å²) in [4.78, 5) is 23.6. The molecule has 2 aromatic rings. The summed E-state index contributed by atoms with van der Waals surface area (Å²) in [7, 11) is 0. The highest BCUT2D eigenvalue weighted by Gasteiger charge is 2.33. The van der Waals surface area contributed by atoms with E-state index in [1.54, 1.807) is 24.3 Å². The van der Waals surface area contributed by atoms with Crippen LogP contribution < -0.4 is 10.1 Å². The van der Waals surface area contributed by atoms with Crippen LogP contribution in [0.5, 0.6) is 5.75 Å². The van der Waals surface area contributed by atoms with E-state index in [4.69, 9.17) is 9.47 Å². The molecule has 0 atom stereocenters. The first-order valence-corrected chi connectivity index (χ1v) is 8.34. The Morgan fingerprint density at radius 2 is 1.75 bits per heavy atom. The number of esters is 1. The Balaban J connectivity index is 1.93. The number of alkyl halides is 3. The smallest absolute Gasteiger partial charge is 0.418 e. The van der Waals surface area contributed by atoms with E-state index in [1.165, 1.54) is 18.2 Å². The first kappa shape index (κ1) is 21.0. The number of rotatable bonds is 7. The second-order valence-corrected chi connectivity index (χ2v) is 5.50. The van der Waals surface area contributed by atoms with Gasteiger partial charge in [0.2, 0.25) is 0 Å². The minimum atomic E-state index is -4.61. The molecule has 148 valence electrons. The van der Waals surface area contributed by atoms with Crippen molar-refractivity contribution in [2.24, 2.45) is 0 Å². The van der Waals surface area contributed by atoms with Crippen LogP contribution in [-0.2, 0) is 20.5 Å². The first-order chi connectivity index (χ1) is 13.3. The Morgan fingerprint density at radius 1 is 1.07 bits per heavy atom. The molecule has 1 amide bonds. The van der Waals surface area contributed by atoms with E-state index in [9.17, 15) is 22.8 Å². The van der Waals surface area contributed by atoms with Crippen LogP contribution in [-0.4, -0.2) is 25.1 Å². The molecule has 0 aromatic heterocycles. The number of benzene rings is 2. The van der Waals surface area contributed by atoms with Crippen molar-refractivity contribution in [1.29, 1.82) is 0 Å². The lowest BCUT2D eigenvalue weighted by Gasteiger charge is -2.13. The van der Waals surface area contributed by atoms with E-state index >= 15 is 0 Å². The van der Waals surface area contributed by atoms with E-state index in [1.807, 2.05) is 6.92 Å². The van der Waals surface area contributed by atoms with Crippen molar-refractivity contribution >= 4 is 23.6 Å². The van der Waals surface area contributed by atoms with Crippen LogP contribution in [0, 0.1) is 0 Å². The van der Waals surface area contributed by atoms with Gasteiger partial charge < -0.3 is 14.8 Å². The van der Waals surface area contributed by atoms with Gasteiger partial charge in [-0.2, -0.15) is 13.2 Å². The van der Waals surface area contributed by atoms with Gasteiger partial charge in [0.1, 0.15) is 5.75 Å². The maximum absolute atomic E-state index is 12.9. The van der Waals surface area contributed by atoms with Gasteiger partial charge in [-0.1, -0.05) is 30.3 Å². The van der Waals surface area contributed by atoms with Crippen molar-refractivity contribution < 1.29 is 32.2 Å². The number of nitrogens with one attached hydrogen (secondary N) is 1. The third-order valence-electron chi connectivity index (χ3n) is 3.47. The molecule has 0 spiro atoms.